The highest BCUT2D eigenvalue weighted by Gasteiger charge is 2.25. The third-order valence-electron chi connectivity index (χ3n) is 3.56. The van der Waals surface area contributed by atoms with E-state index in [1.54, 1.807) is 0 Å². The van der Waals surface area contributed by atoms with Crippen molar-refractivity contribution in [3.63, 3.8) is 0 Å². The summed E-state index contributed by atoms with van der Waals surface area (Å²) in [5, 5.41) is 12.0. The summed E-state index contributed by atoms with van der Waals surface area (Å²) in [5.74, 6) is -1.14. The van der Waals surface area contributed by atoms with Crippen molar-refractivity contribution in [1.82, 2.24) is 4.72 Å². The van der Waals surface area contributed by atoms with Gasteiger partial charge in [0.1, 0.15) is 4.90 Å². The largest absolute Gasteiger partial charge is 0.478 e. The number of hydrogen-bond acceptors (Lipinski definition) is 4. The average molecular weight is 312 g/mol. The molecule has 21 heavy (non-hydrogen) atoms. The van der Waals surface area contributed by atoms with Crippen LogP contribution in [0.4, 0.5) is 5.69 Å². The predicted octanol–water partition coefficient (Wildman–Crippen LogP) is 2.04. The zero-order chi connectivity index (χ0) is 15.5. The molecule has 0 aromatic heterocycles. The molecule has 0 unspecified atom stereocenters. The third kappa shape index (κ3) is 3.74. The first-order valence-corrected chi connectivity index (χ1v) is 8.56. The minimum Gasteiger partial charge on any atom is -0.478 e. The standard InChI is InChI=1S/C14H20N2O4S/c1-2-15-12-8-7-10(14(17)18)9-13(12)21(19,20)16-11-5-3-4-6-11/h7-9,11,15-16H,2-6H2,1H3,(H,17,18). The number of carboxylic acids is 1. The molecule has 0 amide bonds. The fourth-order valence-electron chi connectivity index (χ4n) is 2.54. The topological polar surface area (TPSA) is 95.5 Å². The summed E-state index contributed by atoms with van der Waals surface area (Å²) in [6.45, 7) is 2.41. The number of carbonyl (C=O) groups is 1. The first kappa shape index (κ1) is 15.8. The number of aromatic carboxylic acids is 1. The van der Waals surface area contributed by atoms with Gasteiger partial charge in [0.25, 0.3) is 0 Å². The number of sulfonamides is 1. The minimum atomic E-state index is -3.73. The lowest BCUT2D eigenvalue weighted by molar-refractivity contribution is 0.0696. The van der Waals surface area contributed by atoms with Gasteiger partial charge < -0.3 is 10.4 Å². The first-order chi connectivity index (χ1) is 9.94. The van der Waals surface area contributed by atoms with Gasteiger partial charge in [-0.3, -0.25) is 0 Å². The van der Waals surface area contributed by atoms with Gasteiger partial charge in [0.05, 0.1) is 11.3 Å². The van der Waals surface area contributed by atoms with Crippen molar-refractivity contribution in [1.29, 1.82) is 0 Å². The Bertz CT molecular complexity index is 622. The molecule has 0 aliphatic heterocycles. The van der Waals surface area contributed by atoms with Crippen LogP contribution in [-0.2, 0) is 10.0 Å². The molecule has 6 nitrogen and oxygen atoms in total. The molecule has 0 radical (unpaired) electrons. The molecule has 1 aliphatic carbocycles. The van der Waals surface area contributed by atoms with E-state index in [0.29, 0.717) is 12.2 Å². The fraction of sp³-hybridized carbons (Fsp3) is 0.500. The molecule has 3 N–H and O–H groups in total. The van der Waals surface area contributed by atoms with E-state index in [1.807, 2.05) is 6.92 Å². The number of hydrogen-bond donors (Lipinski definition) is 3. The van der Waals surface area contributed by atoms with Crippen LogP contribution in [0.1, 0.15) is 43.0 Å². The van der Waals surface area contributed by atoms with Crippen LogP contribution >= 0.6 is 0 Å². The minimum absolute atomic E-state index is 0.00356. The van der Waals surface area contributed by atoms with E-state index in [2.05, 4.69) is 10.0 Å². The van der Waals surface area contributed by atoms with Crippen molar-refractivity contribution in [2.45, 2.75) is 43.5 Å². The Balaban J connectivity index is 2.37. The Morgan fingerprint density at radius 1 is 1.33 bits per heavy atom. The number of carboxylic acid groups (broad SMARTS) is 1. The maximum Gasteiger partial charge on any atom is 0.335 e. The third-order valence-corrected chi connectivity index (χ3v) is 5.12. The van der Waals surface area contributed by atoms with Gasteiger partial charge in [0.2, 0.25) is 10.0 Å². The highest BCUT2D eigenvalue weighted by Crippen LogP contribution is 2.25. The molecule has 0 bridgehead atoms. The Morgan fingerprint density at radius 2 is 2.00 bits per heavy atom. The molecule has 1 saturated carbocycles. The van der Waals surface area contributed by atoms with Crippen LogP contribution in [-0.4, -0.2) is 32.1 Å². The monoisotopic (exact) mass is 312 g/mol. The molecule has 116 valence electrons. The van der Waals surface area contributed by atoms with Gasteiger partial charge in [0.15, 0.2) is 0 Å². The molecule has 1 fully saturated rings. The second-order valence-corrected chi connectivity index (χ2v) is 6.83. The van der Waals surface area contributed by atoms with Gasteiger partial charge >= 0.3 is 5.97 Å². The molecular weight excluding hydrogens is 292 g/mol. The van der Waals surface area contributed by atoms with Gasteiger partial charge in [-0.1, -0.05) is 12.8 Å². The number of benzene rings is 1. The van der Waals surface area contributed by atoms with E-state index >= 15 is 0 Å². The molecule has 0 spiro atoms. The highest BCUT2D eigenvalue weighted by molar-refractivity contribution is 7.89. The van der Waals surface area contributed by atoms with Crippen molar-refractivity contribution in [2.24, 2.45) is 0 Å². The van der Waals surface area contributed by atoms with Crippen LogP contribution in [0, 0.1) is 0 Å². The maximum atomic E-state index is 12.5. The van der Waals surface area contributed by atoms with E-state index < -0.39 is 16.0 Å². The zero-order valence-electron chi connectivity index (χ0n) is 11.9. The van der Waals surface area contributed by atoms with Crippen LogP contribution in [0.3, 0.4) is 0 Å². The SMILES string of the molecule is CCNc1ccc(C(=O)O)cc1S(=O)(=O)NC1CCCC1. The first-order valence-electron chi connectivity index (χ1n) is 7.07. The van der Waals surface area contributed by atoms with Crippen LogP contribution < -0.4 is 10.0 Å². The summed E-state index contributed by atoms with van der Waals surface area (Å²) in [4.78, 5) is 11.1. The van der Waals surface area contributed by atoms with E-state index in [0.717, 1.165) is 25.7 Å². The number of rotatable bonds is 6. The quantitative estimate of drug-likeness (QED) is 0.747. The number of anilines is 1. The van der Waals surface area contributed by atoms with Crippen LogP contribution in [0.2, 0.25) is 0 Å². The van der Waals surface area contributed by atoms with Gasteiger partial charge in [-0.05, 0) is 38.0 Å². The maximum absolute atomic E-state index is 12.5. The molecule has 0 atom stereocenters. The van der Waals surface area contributed by atoms with Crippen molar-refractivity contribution in [3.05, 3.63) is 23.8 Å². The molecular formula is C14H20N2O4S. The van der Waals surface area contributed by atoms with E-state index in [-0.39, 0.29) is 16.5 Å². The predicted molar refractivity (Wildman–Crippen MR) is 80.1 cm³/mol. The smallest absolute Gasteiger partial charge is 0.335 e. The van der Waals surface area contributed by atoms with Crippen LogP contribution in [0.25, 0.3) is 0 Å². The molecule has 1 aliphatic rings. The molecule has 7 heteroatoms. The van der Waals surface area contributed by atoms with Gasteiger partial charge in [-0.25, -0.2) is 17.9 Å². The highest BCUT2D eigenvalue weighted by atomic mass is 32.2. The number of nitrogens with one attached hydrogen (secondary N) is 2. The van der Waals surface area contributed by atoms with Crippen LogP contribution in [0.15, 0.2) is 23.1 Å². The summed E-state index contributed by atoms with van der Waals surface area (Å²) in [6, 6.07) is 4.04. The average Bonchev–Trinajstić information content (AvgIpc) is 2.91. The summed E-state index contributed by atoms with van der Waals surface area (Å²) < 4.78 is 27.7. The zero-order valence-corrected chi connectivity index (χ0v) is 12.7. The summed E-state index contributed by atoms with van der Waals surface area (Å²) in [7, 11) is -3.73. The molecule has 1 aromatic carbocycles. The lowest BCUT2D eigenvalue weighted by atomic mass is 10.2. The Hall–Kier alpha value is -1.60. The Kier molecular flexibility index (Phi) is 4.84. The second kappa shape index (κ2) is 6.44. The fourth-order valence-corrected chi connectivity index (χ4v) is 4.05. The lowest BCUT2D eigenvalue weighted by Gasteiger charge is -2.16. The Morgan fingerprint density at radius 3 is 2.57 bits per heavy atom. The molecule has 0 heterocycles. The molecule has 1 aromatic rings. The van der Waals surface area contributed by atoms with Gasteiger partial charge in [-0.15, -0.1) is 0 Å². The van der Waals surface area contributed by atoms with Crippen molar-refractivity contribution >= 4 is 21.7 Å². The van der Waals surface area contributed by atoms with Gasteiger partial charge in [-0.2, -0.15) is 0 Å². The van der Waals surface area contributed by atoms with Crippen molar-refractivity contribution in [2.75, 3.05) is 11.9 Å². The van der Waals surface area contributed by atoms with E-state index in [4.69, 9.17) is 5.11 Å². The molecule has 2 rings (SSSR count). The van der Waals surface area contributed by atoms with Gasteiger partial charge in [0, 0.05) is 12.6 Å². The summed E-state index contributed by atoms with van der Waals surface area (Å²) in [5.41, 5.74) is 0.386. The summed E-state index contributed by atoms with van der Waals surface area (Å²) >= 11 is 0. The Labute approximate surface area is 124 Å². The molecule has 0 saturated heterocycles. The van der Waals surface area contributed by atoms with E-state index in [9.17, 15) is 13.2 Å². The van der Waals surface area contributed by atoms with Crippen molar-refractivity contribution < 1.29 is 18.3 Å². The second-order valence-electron chi connectivity index (χ2n) is 5.15. The van der Waals surface area contributed by atoms with Crippen molar-refractivity contribution in [3.8, 4) is 0 Å². The summed E-state index contributed by atoms with van der Waals surface area (Å²) in [6.07, 6.45) is 3.69. The van der Waals surface area contributed by atoms with E-state index in [1.165, 1.54) is 18.2 Å². The lowest BCUT2D eigenvalue weighted by Crippen LogP contribution is -2.33. The normalized spacial score (nSPS) is 16.0. The van der Waals surface area contributed by atoms with Crippen LogP contribution in [0.5, 0.6) is 0 Å².